The summed E-state index contributed by atoms with van der Waals surface area (Å²) in [4.78, 5) is 23.8. The molecular formula is C17H19BF4N2O4. The topological polar surface area (TPSA) is 76.7 Å². The molecule has 0 unspecified atom stereocenters. The molecule has 1 aliphatic carbocycles. The maximum atomic E-state index is 13.7. The molecule has 0 aromatic heterocycles. The van der Waals surface area contributed by atoms with E-state index in [1.54, 1.807) is 0 Å². The predicted octanol–water partition coefficient (Wildman–Crippen LogP) is 2.08. The van der Waals surface area contributed by atoms with E-state index >= 15 is 0 Å². The van der Waals surface area contributed by atoms with Gasteiger partial charge in [-0.2, -0.15) is 13.2 Å². The molecule has 2 aliphatic rings. The number of benzene rings is 1. The molecule has 0 radical (unpaired) electrons. The van der Waals surface area contributed by atoms with E-state index in [2.05, 4.69) is 10.6 Å². The van der Waals surface area contributed by atoms with Crippen molar-refractivity contribution in [2.75, 3.05) is 13.0 Å². The Morgan fingerprint density at radius 3 is 2.36 bits per heavy atom. The fourth-order valence-corrected chi connectivity index (χ4v) is 3.28. The lowest BCUT2D eigenvalue weighted by Gasteiger charge is -2.22. The van der Waals surface area contributed by atoms with Crippen molar-refractivity contribution >= 4 is 18.9 Å². The Morgan fingerprint density at radius 2 is 1.75 bits per heavy atom. The quantitative estimate of drug-likeness (QED) is 0.584. The van der Waals surface area contributed by atoms with Gasteiger partial charge in [0.25, 0.3) is 5.91 Å². The number of halogens is 4. The molecule has 1 saturated carbocycles. The maximum Gasteiger partial charge on any atom is 0.478 e. The number of nitrogens with one attached hydrogen (secondary N) is 2. The number of carbonyl (C=O) groups excluding carboxylic acids is 2. The van der Waals surface area contributed by atoms with E-state index in [4.69, 9.17) is 9.31 Å². The van der Waals surface area contributed by atoms with Crippen LogP contribution in [0.2, 0.25) is 0 Å². The van der Waals surface area contributed by atoms with Crippen LogP contribution >= 0.6 is 0 Å². The lowest BCUT2D eigenvalue weighted by atomic mass is 9.91. The van der Waals surface area contributed by atoms with Crippen molar-refractivity contribution in [1.29, 1.82) is 0 Å². The number of fused-ring (bicyclic) bond motifs is 1. The van der Waals surface area contributed by atoms with E-state index < -0.39 is 48.6 Å². The third-order valence-electron chi connectivity index (χ3n) is 4.71. The number of alkyl halides is 3. The molecule has 6 nitrogen and oxygen atoms in total. The van der Waals surface area contributed by atoms with Crippen molar-refractivity contribution < 1.29 is 36.5 Å². The van der Waals surface area contributed by atoms with E-state index in [1.165, 1.54) is 0 Å². The van der Waals surface area contributed by atoms with Gasteiger partial charge in [0, 0.05) is 0 Å². The van der Waals surface area contributed by atoms with Crippen LogP contribution in [0.1, 0.15) is 41.6 Å². The van der Waals surface area contributed by atoms with Gasteiger partial charge < -0.3 is 19.9 Å². The van der Waals surface area contributed by atoms with Gasteiger partial charge in [-0.05, 0) is 31.0 Å². The Balaban J connectivity index is 1.46. The third-order valence-corrected chi connectivity index (χ3v) is 4.71. The smallest absolute Gasteiger partial charge is 0.405 e. The summed E-state index contributed by atoms with van der Waals surface area (Å²) in [5, 5.41) is 4.62. The van der Waals surface area contributed by atoms with Crippen LogP contribution in [-0.4, -0.2) is 44.1 Å². The standard InChI is InChI=1S/C17H19BF4N2O4/c19-12-6-5-10(17(20,21)22)7-11(12)16(26)23-8-15(25)24-9-18-27-13-3-1-2-4-14(13)28-18/h5-7,13-14H,1-4,8-9H2,(H,23,26)(H,24,25)/t13-,14+. The van der Waals surface area contributed by atoms with E-state index in [9.17, 15) is 27.2 Å². The van der Waals surface area contributed by atoms with Crippen LogP contribution in [0.25, 0.3) is 0 Å². The van der Waals surface area contributed by atoms with Gasteiger partial charge in [0.15, 0.2) is 0 Å². The highest BCUT2D eigenvalue weighted by Gasteiger charge is 2.40. The second kappa shape index (κ2) is 8.48. The molecule has 1 aromatic rings. The molecule has 1 saturated heterocycles. The lowest BCUT2D eigenvalue weighted by molar-refractivity contribution is -0.137. The number of hydrogen-bond acceptors (Lipinski definition) is 4. The van der Waals surface area contributed by atoms with E-state index in [-0.39, 0.29) is 18.7 Å². The summed E-state index contributed by atoms with van der Waals surface area (Å²) >= 11 is 0. The zero-order valence-corrected chi connectivity index (χ0v) is 14.9. The normalized spacial score (nSPS) is 21.9. The van der Waals surface area contributed by atoms with Crippen molar-refractivity contribution in [3.63, 3.8) is 0 Å². The summed E-state index contributed by atoms with van der Waals surface area (Å²) in [5.74, 6) is -2.82. The van der Waals surface area contributed by atoms with Crippen LogP contribution in [0.5, 0.6) is 0 Å². The average Bonchev–Trinajstić information content (AvgIpc) is 3.07. The monoisotopic (exact) mass is 402 g/mol. The molecule has 2 atom stereocenters. The highest BCUT2D eigenvalue weighted by molar-refractivity contribution is 6.45. The fourth-order valence-electron chi connectivity index (χ4n) is 3.28. The zero-order chi connectivity index (χ0) is 20.3. The van der Waals surface area contributed by atoms with Crippen LogP contribution in [0.4, 0.5) is 17.6 Å². The second-order valence-electron chi connectivity index (χ2n) is 6.74. The number of hydrogen-bond donors (Lipinski definition) is 2. The van der Waals surface area contributed by atoms with Crippen molar-refractivity contribution in [2.24, 2.45) is 0 Å². The van der Waals surface area contributed by atoms with E-state index in [0.717, 1.165) is 25.7 Å². The van der Waals surface area contributed by atoms with Gasteiger partial charge in [-0.1, -0.05) is 12.8 Å². The van der Waals surface area contributed by atoms with Gasteiger partial charge in [0.1, 0.15) is 5.82 Å². The molecule has 2 fully saturated rings. The fraction of sp³-hybridized carbons (Fsp3) is 0.529. The van der Waals surface area contributed by atoms with Gasteiger partial charge >= 0.3 is 13.3 Å². The van der Waals surface area contributed by atoms with Crippen LogP contribution in [0.3, 0.4) is 0 Å². The minimum Gasteiger partial charge on any atom is -0.405 e. The molecule has 2 N–H and O–H groups in total. The zero-order valence-electron chi connectivity index (χ0n) is 14.9. The molecule has 1 aromatic carbocycles. The number of amides is 2. The van der Waals surface area contributed by atoms with E-state index in [0.29, 0.717) is 18.2 Å². The van der Waals surface area contributed by atoms with Crippen LogP contribution in [-0.2, 0) is 20.3 Å². The molecular weight excluding hydrogens is 383 g/mol. The summed E-state index contributed by atoms with van der Waals surface area (Å²) in [6.07, 6.45) is -0.609. The molecule has 1 heterocycles. The summed E-state index contributed by atoms with van der Waals surface area (Å²) in [6.45, 7) is -0.520. The first-order chi connectivity index (χ1) is 13.2. The molecule has 11 heteroatoms. The average molecular weight is 402 g/mol. The van der Waals surface area contributed by atoms with Crippen molar-refractivity contribution in [2.45, 2.75) is 44.1 Å². The number of rotatable bonds is 5. The Labute approximate surface area is 159 Å². The first kappa shape index (κ1) is 20.6. The molecule has 0 spiro atoms. The molecule has 0 bridgehead atoms. The predicted molar refractivity (Wildman–Crippen MR) is 90.7 cm³/mol. The first-order valence-corrected chi connectivity index (χ1v) is 8.96. The van der Waals surface area contributed by atoms with Crippen LogP contribution in [0.15, 0.2) is 18.2 Å². The Bertz CT molecular complexity index is 732. The third kappa shape index (κ3) is 5.02. The van der Waals surface area contributed by atoms with Gasteiger partial charge in [-0.3, -0.25) is 9.59 Å². The van der Waals surface area contributed by atoms with Crippen molar-refractivity contribution in [1.82, 2.24) is 10.6 Å². The summed E-state index contributed by atoms with van der Waals surface area (Å²) in [5.41, 5.74) is -1.94. The van der Waals surface area contributed by atoms with Gasteiger partial charge in [0.2, 0.25) is 5.91 Å². The molecule has 2 amide bonds. The molecule has 3 rings (SSSR count). The highest BCUT2D eigenvalue weighted by Crippen LogP contribution is 2.31. The summed E-state index contributed by atoms with van der Waals surface area (Å²) in [7, 11) is -0.575. The van der Waals surface area contributed by atoms with Crippen LogP contribution < -0.4 is 10.6 Å². The van der Waals surface area contributed by atoms with Crippen LogP contribution in [0, 0.1) is 5.82 Å². The largest absolute Gasteiger partial charge is 0.478 e. The molecule has 28 heavy (non-hydrogen) atoms. The van der Waals surface area contributed by atoms with Gasteiger partial charge in [-0.15, -0.1) is 0 Å². The van der Waals surface area contributed by atoms with Gasteiger partial charge in [0.05, 0.1) is 36.3 Å². The summed E-state index contributed by atoms with van der Waals surface area (Å²) in [6, 6.07) is 1.51. The Morgan fingerprint density at radius 1 is 1.11 bits per heavy atom. The maximum absolute atomic E-state index is 13.7. The second-order valence-corrected chi connectivity index (χ2v) is 6.74. The highest BCUT2D eigenvalue weighted by atomic mass is 19.4. The lowest BCUT2D eigenvalue weighted by Crippen LogP contribution is -2.42. The summed E-state index contributed by atoms with van der Waals surface area (Å²) < 4.78 is 63.1. The SMILES string of the molecule is O=C(CNC(=O)c1cc(C(F)(F)F)ccc1F)NCB1O[C@H]2CCCC[C@H]2O1. The minimum absolute atomic E-state index is 0.0271. The van der Waals surface area contributed by atoms with E-state index in [1.807, 2.05) is 0 Å². The van der Waals surface area contributed by atoms with Crippen molar-refractivity contribution in [3.05, 3.63) is 35.1 Å². The minimum atomic E-state index is -4.71. The Kier molecular flexibility index (Phi) is 6.24. The number of carbonyl (C=O) groups is 2. The Hall–Kier alpha value is -2.14. The molecule has 152 valence electrons. The molecule has 1 aliphatic heterocycles. The van der Waals surface area contributed by atoms with Gasteiger partial charge in [-0.25, -0.2) is 4.39 Å². The first-order valence-electron chi connectivity index (χ1n) is 8.96. The van der Waals surface area contributed by atoms with Crippen molar-refractivity contribution in [3.8, 4) is 0 Å².